The lowest BCUT2D eigenvalue weighted by molar-refractivity contribution is -0.0510. The molecule has 1 aromatic heterocycles. The minimum absolute atomic E-state index is 0.0948. The van der Waals surface area contributed by atoms with Gasteiger partial charge in [-0.1, -0.05) is 168 Å². The van der Waals surface area contributed by atoms with Gasteiger partial charge in [0.1, 0.15) is 0 Å². The molecule has 0 amide bonds. The first-order valence-corrected chi connectivity index (χ1v) is 19.6. The van der Waals surface area contributed by atoms with E-state index in [-0.39, 0.29) is 21.7 Å². The highest BCUT2D eigenvalue weighted by atomic mass is 32.2. The van der Waals surface area contributed by atoms with Crippen LogP contribution in [0.25, 0.3) is 34.2 Å². The van der Waals surface area contributed by atoms with Crippen molar-refractivity contribution in [2.75, 3.05) is 0 Å². The Morgan fingerprint density at radius 1 is 0.464 bits per heavy atom. The van der Waals surface area contributed by atoms with Crippen molar-refractivity contribution in [1.29, 1.82) is 5.26 Å². The second-order valence-electron chi connectivity index (χ2n) is 17.6. The van der Waals surface area contributed by atoms with Crippen LogP contribution >= 0.6 is 0 Å². The van der Waals surface area contributed by atoms with Gasteiger partial charge in [-0.05, 0) is 56.0 Å². The first-order valence-electron chi connectivity index (χ1n) is 18.1. The van der Waals surface area contributed by atoms with Crippen LogP contribution in [0.1, 0.15) is 111 Å². The van der Waals surface area contributed by atoms with Crippen molar-refractivity contribution in [3.63, 3.8) is 0 Å². The summed E-state index contributed by atoms with van der Waals surface area (Å²) in [5.41, 5.74) is 3.75. The number of benzene rings is 4. The van der Waals surface area contributed by atoms with Gasteiger partial charge in [0.2, 0.25) is 0 Å². The fraction of sp³-hybridized carbons (Fsp3) is 0.378. The lowest BCUT2D eigenvalue weighted by atomic mass is 9.86. The van der Waals surface area contributed by atoms with Gasteiger partial charge >= 0.3 is 15.6 Å². The summed E-state index contributed by atoms with van der Waals surface area (Å²) in [6.07, 6.45) is 0. The maximum atomic E-state index is 10.7. The van der Waals surface area contributed by atoms with Crippen molar-refractivity contribution in [2.24, 2.45) is 0 Å². The van der Waals surface area contributed by atoms with Gasteiger partial charge in [-0.2, -0.15) is 26.9 Å². The van der Waals surface area contributed by atoms with Crippen LogP contribution in [0.5, 0.6) is 0 Å². The van der Waals surface area contributed by atoms with Crippen molar-refractivity contribution in [2.45, 2.75) is 110 Å². The number of nitrogens with zero attached hydrogens (tertiary/aromatic N) is 4. The number of halogens is 3. The Morgan fingerprint density at radius 3 is 0.821 bits per heavy atom. The average molecular weight is 787 g/mol. The molecule has 298 valence electrons. The number of alkyl halides is 3. The molecule has 11 heteroatoms. The quantitative estimate of drug-likeness (QED) is 0.143. The molecule has 0 spiro atoms. The van der Waals surface area contributed by atoms with E-state index in [0.29, 0.717) is 17.5 Å². The third kappa shape index (κ3) is 12.8. The molecule has 5 rings (SSSR count). The van der Waals surface area contributed by atoms with Gasteiger partial charge in [-0.15, -0.1) is 0 Å². The molecule has 56 heavy (non-hydrogen) atoms. The molecule has 0 atom stereocenters. The van der Waals surface area contributed by atoms with Crippen molar-refractivity contribution in [3.05, 3.63) is 125 Å². The Hall–Kier alpha value is -4.92. The van der Waals surface area contributed by atoms with Gasteiger partial charge in [-0.3, -0.25) is 4.55 Å². The maximum Gasteiger partial charge on any atom is 0.522 e. The Kier molecular flexibility index (Phi) is 13.9. The van der Waals surface area contributed by atoms with E-state index in [0.717, 1.165) is 22.3 Å². The molecule has 0 saturated heterocycles. The predicted molar refractivity (Wildman–Crippen MR) is 220 cm³/mol. The maximum absolute atomic E-state index is 10.7. The normalized spacial score (nSPS) is 12.4. The zero-order valence-corrected chi connectivity index (χ0v) is 35.1. The highest BCUT2D eigenvalue weighted by Gasteiger charge is 2.44. The van der Waals surface area contributed by atoms with Crippen LogP contribution < -0.4 is 0 Å². The van der Waals surface area contributed by atoms with Crippen LogP contribution in [-0.4, -0.2) is 33.4 Å². The first-order chi connectivity index (χ1) is 25.5. The minimum Gasteiger partial charge on any atom is -0.279 e. The summed E-state index contributed by atoms with van der Waals surface area (Å²) in [4.78, 5) is 14.8. The minimum atomic E-state index is -5.84. The van der Waals surface area contributed by atoms with Gasteiger partial charge in [0.15, 0.2) is 17.5 Å². The van der Waals surface area contributed by atoms with Crippen LogP contribution in [0.15, 0.2) is 97.1 Å². The molecule has 0 aliphatic carbocycles. The van der Waals surface area contributed by atoms with E-state index in [1.807, 2.05) is 24.3 Å². The van der Waals surface area contributed by atoms with Gasteiger partial charge in [-0.25, -0.2) is 15.0 Å². The summed E-state index contributed by atoms with van der Waals surface area (Å²) < 4.78 is 57.5. The van der Waals surface area contributed by atoms with Crippen LogP contribution in [0.4, 0.5) is 13.2 Å². The molecule has 1 heterocycles. The molecule has 0 unspecified atom stereocenters. The molecule has 0 radical (unpaired) electrons. The van der Waals surface area contributed by atoms with E-state index in [1.54, 1.807) is 0 Å². The standard InChI is InChI=1S/C33H39N3.C11H13N.CHF3O3S/c1-31(2,3)25-16-10-22(11-17-25)28-34-29(23-12-18-26(19-13-23)32(4,5)6)36-30(35-28)24-14-20-27(21-15-24)33(7,8)9;1-11(2,3)10-6-4-9(8-12)5-7-10;2-1(3,4)8(5,6)7/h10-21H,1-9H3;4-7H,1-3H3;(H,5,6,7). The fourth-order valence-electron chi connectivity index (χ4n) is 5.17. The van der Waals surface area contributed by atoms with Crippen LogP contribution in [0, 0.1) is 11.3 Å². The van der Waals surface area contributed by atoms with E-state index in [1.165, 1.54) is 22.3 Å². The summed E-state index contributed by atoms with van der Waals surface area (Å²) in [7, 11) is -5.84. The topological polar surface area (TPSA) is 117 Å². The molecule has 7 nitrogen and oxygen atoms in total. The lowest BCUT2D eigenvalue weighted by Gasteiger charge is -2.20. The van der Waals surface area contributed by atoms with E-state index < -0.39 is 15.6 Å². The summed E-state index contributed by atoms with van der Waals surface area (Å²) in [5, 5.41) is 8.58. The molecular formula is C45H53F3N4O3S. The number of rotatable bonds is 3. The summed E-state index contributed by atoms with van der Waals surface area (Å²) in [5.74, 6) is 2.07. The van der Waals surface area contributed by atoms with Crippen molar-refractivity contribution in [3.8, 4) is 40.2 Å². The molecule has 1 N–H and O–H groups in total. The molecule has 5 aromatic rings. The summed E-state index contributed by atoms with van der Waals surface area (Å²) in [6, 6.07) is 35.6. The monoisotopic (exact) mass is 786 g/mol. The third-order valence-corrected chi connectivity index (χ3v) is 9.42. The molecule has 0 fully saturated rings. The smallest absolute Gasteiger partial charge is 0.279 e. The summed E-state index contributed by atoms with van der Waals surface area (Å²) >= 11 is 0. The van der Waals surface area contributed by atoms with Crippen molar-refractivity contribution < 1.29 is 26.1 Å². The predicted octanol–water partition coefficient (Wildman–Crippen LogP) is 12.0. The SMILES string of the molecule is CC(C)(C)c1ccc(-c2nc(-c3ccc(C(C)(C)C)cc3)nc(-c3ccc(C(C)(C)C)cc3)n2)cc1.CC(C)(C)c1ccc(C#N)cc1.O=S(=O)(O)C(F)(F)F. The molecule has 0 saturated carbocycles. The molecule has 4 aromatic carbocycles. The Morgan fingerprint density at radius 2 is 0.661 bits per heavy atom. The van der Waals surface area contributed by atoms with Gasteiger partial charge in [0.05, 0.1) is 11.6 Å². The number of hydrogen-bond donors (Lipinski definition) is 1. The van der Waals surface area contributed by atoms with E-state index in [9.17, 15) is 13.2 Å². The third-order valence-electron chi connectivity index (χ3n) is 8.84. The van der Waals surface area contributed by atoms with Crippen molar-refractivity contribution >= 4 is 10.1 Å². The van der Waals surface area contributed by atoms with Crippen LogP contribution in [-0.2, 0) is 31.8 Å². The highest BCUT2D eigenvalue weighted by molar-refractivity contribution is 7.86. The second-order valence-corrected chi connectivity index (χ2v) is 19.1. The molecular weight excluding hydrogens is 734 g/mol. The Bertz CT molecular complexity index is 2040. The average Bonchev–Trinajstić information content (AvgIpc) is 3.10. The second kappa shape index (κ2) is 17.1. The van der Waals surface area contributed by atoms with Gasteiger partial charge in [0.25, 0.3) is 0 Å². The van der Waals surface area contributed by atoms with Gasteiger partial charge < -0.3 is 0 Å². The lowest BCUT2D eigenvalue weighted by Crippen LogP contribution is -2.21. The van der Waals surface area contributed by atoms with Crippen LogP contribution in [0.3, 0.4) is 0 Å². The Labute approximate surface area is 330 Å². The summed E-state index contributed by atoms with van der Waals surface area (Å²) in [6.45, 7) is 26.5. The number of hydrogen-bond acceptors (Lipinski definition) is 6. The zero-order valence-electron chi connectivity index (χ0n) is 34.3. The fourth-order valence-corrected chi connectivity index (χ4v) is 5.17. The largest absolute Gasteiger partial charge is 0.522 e. The van der Waals surface area contributed by atoms with Gasteiger partial charge in [0, 0.05) is 16.7 Å². The number of nitriles is 1. The van der Waals surface area contributed by atoms with E-state index in [4.69, 9.17) is 33.2 Å². The Balaban J connectivity index is 0.000000343. The number of aromatic nitrogens is 3. The van der Waals surface area contributed by atoms with Crippen molar-refractivity contribution in [1.82, 2.24) is 15.0 Å². The molecule has 0 aliphatic heterocycles. The van der Waals surface area contributed by atoms with E-state index >= 15 is 0 Å². The van der Waals surface area contributed by atoms with Crippen LogP contribution in [0.2, 0.25) is 0 Å². The molecule has 0 aliphatic rings. The molecule has 0 bridgehead atoms. The zero-order chi connectivity index (χ0) is 42.5. The first kappa shape index (κ1) is 45.5. The van der Waals surface area contributed by atoms with E-state index in [2.05, 4.69) is 162 Å². The highest BCUT2D eigenvalue weighted by Crippen LogP contribution is 2.31.